The van der Waals surface area contributed by atoms with E-state index in [0.717, 1.165) is 18.4 Å². The smallest absolute Gasteiger partial charge is 0.414 e. The summed E-state index contributed by atoms with van der Waals surface area (Å²) in [7, 11) is 0. The van der Waals surface area contributed by atoms with E-state index in [4.69, 9.17) is 9.47 Å². The summed E-state index contributed by atoms with van der Waals surface area (Å²) in [5.41, 5.74) is -0.285. The third-order valence-electron chi connectivity index (χ3n) is 7.21. The van der Waals surface area contributed by atoms with Crippen LogP contribution in [0.5, 0.6) is 0 Å². The number of ether oxygens (including phenoxy) is 2. The number of nitrogens with one attached hydrogen (secondary N) is 2. The molecule has 38 heavy (non-hydrogen) atoms. The Balaban J connectivity index is 1.33. The van der Waals surface area contributed by atoms with E-state index in [0.29, 0.717) is 29.7 Å². The predicted octanol–water partition coefficient (Wildman–Crippen LogP) is 3.02. The molecule has 2 aromatic heterocycles. The van der Waals surface area contributed by atoms with Gasteiger partial charge in [0.05, 0.1) is 18.1 Å². The van der Waals surface area contributed by atoms with Crippen molar-refractivity contribution < 1.29 is 19.1 Å². The van der Waals surface area contributed by atoms with Crippen molar-refractivity contribution in [3.8, 4) is 11.4 Å². The third kappa shape index (κ3) is 5.47. The van der Waals surface area contributed by atoms with Crippen LogP contribution >= 0.6 is 0 Å². The second kappa shape index (κ2) is 10.8. The van der Waals surface area contributed by atoms with Gasteiger partial charge in [0.25, 0.3) is 17.2 Å². The maximum Gasteiger partial charge on any atom is 0.414 e. The molecule has 2 fully saturated rings. The van der Waals surface area contributed by atoms with Crippen LogP contribution in [0.3, 0.4) is 0 Å². The van der Waals surface area contributed by atoms with Crippen LogP contribution in [0.25, 0.3) is 17.2 Å². The van der Waals surface area contributed by atoms with E-state index in [-0.39, 0.29) is 49.8 Å². The molecule has 3 heterocycles. The number of aromatic amines is 1. The van der Waals surface area contributed by atoms with Gasteiger partial charge < -0.3 is 19.7 Å². The van der Waals surface area contributed by atoms with Gasteiger partial charge in [-0.15, -0.1) is 0 Å². The molecule has 0 radical (unpaired) electrons. The Bertz CT molecular complexity index is 1390. The molecule has 11 nitrogen and oxygen atoms in total. The summed E-state index contributed by atoms with van der Waals surface area (Å²) in [4.78, 5) is 49.0. The highest BCUT2D eigenvalue weighted by molar-refractivity contribution is 5.85. The van der Waals surface area contributed by atoms with Crippen molar-refractivity contribution in [1.29, 1.82) is 0 Å². The van der Waals surface area contributed by atoms with Gasteiger partial charge in [0, 0.05) is 44.1 Å². The average molecular weight is 521 g/mol. The van der Waals surface area contributed by atoms with E-state index in [9.17, 15) is 14.4 Å². The molecule has 5 rings (SSSR count). The highest BCUT2D eigenvalue weighted by Gasteiger charge is 2.44. The minimum atomic E-state index is -1.16. The molecular formula is C27H32N6O5. The first kappa shape index (κ1) is 25.7. The number of carbonyl (C=O) groups excluding carboxylic acids is 2. The summed E-state index contributed by atoms with van der Waals surface area (Å²) < 4.78 is 12.7. The van der Waals surface area contributed by atoms with Gasteiger partial charge in [-0.05, 0) is 25.7 Å². The third-order valence-corrected chi connectivity index (χ3v) is 7.21. The van der Waals surface area contributed by atoms with Crippen LogP contribution in [0, 0.1) is 5.92 Å². The van der Waals surface area contributed by atoms with E-state index in [1.54, 1.807) is 11.8 Å². The van der Waals surface area contributed by atoms with E-state index in [1.165, 1.54) is 17.0 Å². The number of nitrogens with zero attached hydrogens (tertiary/aromatic N) is 4. The summed E-state index contributed by atoms with van der Waals surface area (Å²) in [6.07, 6.45) is 3.49. The average Bonchev–Trinajstić information content (AvgIpc) is 3.32. The number of hydrogen-bond donors (Lipinski definition) is 2. The number of amides is 2. The summed E-state index contributed by atoms with van der Waals surface area (Å²) in [5, 5.41) is 6.03. The molecule has 2 amide bonds. The van der Waals surface area contributed by atoms with Crippen molar-refractivity contribution in [3.05, 3.63) is 64.8 Å². The molecule has 0 unspecified atom stereocenters. The first-order valence-electron chi connectivity index (χ1n) is 12.9. The quantitative estimate of drug-likeness (QED) is 0.437. The van der Waals surface area contributed by atoms with Gasteiger partial charge in [-0.3, -0.25) is 14.7 Å². The lowest BCUT2D eigenvalue weighted by Crippen LogP contribution is -2.57. The molecule has 0 spiro atoms. The van der Waals surface area contributed by atoms with Crippen molar-refractivity contribution in [2.24, 2.45) is 5.92 Å². The number of benzene rings is 1. The zero-order valence-corrected chi connectivity index (χ0v) is 21.4. The normalized spacial score (nSPS) is 17.1. The fourth-order valence-electron chi connectivity index (χ4n) is 4.73. The van der Waals surface area contributed by atoms with Gasteiger partial charge in [0.2, 0.25) is 0 Å². The van der Waals surface area contributed by atoms with Crippen molar-refractivity contribution in [2.75, 3.05) is 19.6 Å². The Morgan fingerprint density at radius 1 is 1.18 bits per heavy atom. The number of hydrogen-bond acceptors (Lipinski definition) is 7. The molecule has 1 aromatic carbocycles. The first-order valence-corrected chi connectivity index (χ1v) is 12.9. The van der Waals surface area contributed by atoms with Gasteiger partial charge in [0.15, 0.2) is 11.4 Å². The topological polar surface area (TPSA) is 131 Å². The molecular weight excluding hydrogens is 488 g/mol. The summed E-state index contributed by atoms with van der Waals surface area (Å²) in [6, 6.07) is 10.8. The molecule has 1 saturated carbocycles. The molecule has 2 aliphatic rings. The van der Waals surface area contributed by atoms with Crippen LogP contribution in [0.15, 0.2) is 53.5 Å². The van der Waals surface area contributed by atoms with Crippen LogP contribution in [-0.2, 0) is 20.9 Å². The Kier molecular flexibility index (Phi) is 7.28. The maximum absolute atomic E-state index is 13.4. The summed E-state index contributed by atoms with van der Waals surface area (Å²) in [5.74, 6) is 1.33. The highest BCUT2D eigenvalue weighted by atomic mass is 16.6. The Morgan fingerprint density at radius 3 is 2.58 bits per heavy atom. The molecule has 11 heteroatoms. The lowest BCUT2D eigenvalue weighted by Gasteiger charge is -2.40. The maximum atomic E-state index is 13.4. The molecule has 1 saturated heterocycles. The van der Waals surface area contributed by atoms with Gasteiger partial charge in [0.1, 0.15) is 0 Å². The second-order valence-corrected chi connectivity index (χ2v) is 10.0. The van der Waals surface area contributed by atoms with Crippen LogP contribution in [0.4, 0.5) is 4.79 Å². The van der Waals surface area contributed by atoms with E-state index in [1.807, 2.05) is 30.3 Å². The zero-order valence-electron chi connectivity index (χ0n) is 21.4. The fourth-order valence-corrected chi connectivity index (χ4v) is 4.73. The van der Waals surface area contributed by atoms with Gasteiger partial charge in [-0.25, -0.2) is 9.78 Å². The largest absolute Gasteiger partial charge is 0.416 e. The minimum Gasteiger partial charge on any atom is -0.416 e. The number of allylic oxidation sites excluding steroid dienone is 1. The molecule has 1 aliphatic carbocycles. The van der Waals surface area contributed by atoms with Gasteiger partial charge in [-0.1, -0.05) is 43.3 Å². The zero-order chi connectivity index (χ0) is 26.7. The standard InChI is InChI=1S/C27H32N6O5/c1-18(2)38-26(36)32-13-11-27(12-14-32,24(35)28-16-19-7-6-8-19)37-17-21-15-22(34)33-25(29-21)30-23(31-33)20-9-4-3-5-10-20/h3-5,9-10,15,19H,1,6-8,11-14,16-17H2,2H3,(H,28,35)(H,29,30,31). The monoisotopic (exact) mass is 520 g/mol. The summed E-state index contributed by atoms with van der Waals surface area (Å²) >= 11 is 0. The van der Waals surface area contributed by atoms with Crippen LogP contribution < -0.4 is 10.9 Å². The molecule has 2 N–H and O–H groups in total. The van der Waals surface area contributed by atoms with E-state index < -0.39 is 11.7 Å². The molecule has 1 aliphatic heterocycles. The number of rotatable bonds is 8. The number of H-pyrrole nitrogens is 1. The number of carbonyl (C=O) groups is 2. The van der Waals surface area contributed by atoms with Crippen LogP contribution in [0.1, 0.15) is 44.7 Å². The van der Waals surface area contributed by atoms with E-state index >= 15 is 0 Å². The summed E-state index contributed by atoms with van der Waals surface area (Å²) in [6.45, 7) is 6.35. The molecule has 200 valence electrons. The Morgan fingerprint density at radius 2 is 1.92 bits per heavy atom. The van der Waals surface area contributed by atoms with Crippen molar-refractivity contribution >= 4 is 17.8 Å². The van der Waals surface area contributed by atoms with Crippen LogP contribution in [-0.4, -0.2) is 61.7 Å². The lowest BCUT2D eigenvalue weighted by atomic mass is 9.84. The molecule has 0 bridgehead atoms. The Labute approximate surface area is 219 Å². The number of fused-ring (bicyclic) bond motifs is 1. The molecule has 0 atom stereocenters. The Hall–Kier alpha value is -3.99. The van der Waals surface area contributed by atoms with Crippen molar-refractivity contribution in [2.45, 2.75) is 51.2 Å². The highest BCUT2D eigenvalue weighted by Crippen LogP contribution is 2.30. The van der Waals surface area contributed by atoms with Gasteiger partial charge in [-0.2, -0.15) is 9.50 Å². The van der Waals surface area contributed by atoms with Crippen LogP contribution in [0.2, 0.25) is 0 Å². The predicted molar refractivity (Wildman–Crippen MR) is 139 cm³/mol. The number of likely N-dealkylation sites (tertiary alicyclic amines) is 1. The lowest BCUT2D eigenvalue weighted by molar-refractivity contribution is -0.156. The van der Waals surface area contributed by atoms with E-state index in [2.05, 4.69) is 27.0 Å². The van der Waals surface area contributed by atoms with Gasteiger partial charge >= 0.3 is 6.09 Å². The second-order valence-electron chi connectivity index (χ2n) is 10.0. The number of piperidine rings is 1. The van der Waals surface area contributed by atoms with Crippen molar-refractivity contribution in [3.63, 3.8) is 0 Å². The van der Waals surface area contributed by atoms with Crippen molar-refractivity contribution in [1.82, 2.24) is 29.8 Å². The first-order chi connectivity index (χ1) is 18.3. The minimum absolute atomic E-state index is 0.0493. The molecule has 3 aromatic rings. The SMILES string of the molecule is C=C(C)OC(=O)N1CCC(OCc2cc(=O)n3[nH]c(-c4ccccc4)nc3n2)(C(=O)NCC2CCC2)CC1. The fraction of sp³-hybridized carbons (Fsp3) is 0.444. The number of aromatic nitrogens is 4.